The van der Waals surface area contributed by atoms with Crippen LogP contribution in [0.25, 0.3) is 11.0 Å². The minimum atomic E-state index is 0.133. The average molecular weight is 308 g/mol. The van der Waals surface area contributed by atoms with Crippen molar-refractivity contribution in [1.29, 1.82) is 0 Å². The number of carbonyl (C=O) groups is 1. The van der Waals surface area contributed by atoms with Crippen molar-refractivity contribution in [2.24, 2.45) is 0 Å². The second kappa shape index (κ2) is 5.93. The highest BCUT2D eigenvalue weighted by atomic mass is 35.5. The van der Waals surface area contributed by atoms with Gasteiger partial charge in [-0.1, -0.05) is 0 Å². The van der Waals surface area contributed by atoms with Crippen molar-refractivity contribution in [2.75, 3.05) is 20.2 Å². The van der Waals surface area contributed by atoms with Gasteiger partial charge in [0.2, 0.25) is 5.91 Å². The first-order chi connectivity index (χ1) is 10.2. The molecule has 2 aromatic rings. The third kappa shape index (κ3) is 2.70. The fraction of sp³-hybridized carbons (Fsp3) is 0.467. The Hall–Kier alpha value is -1.75. The van der Waals surface area contributed by atoms with Gasteiger partial charge in [-0.25, -0.2) is 4.98 Å². The van der Waals surface area contributed by atoms with E-state index in [2.05, 4.69) is 4.98 Å². The minimum Gasteiger partial charge on any atom is -0.497 e. The summed E-state index contributed by atoms with van der Waals surface area (Å²) >= 11 is 5.98. The second-order valence-corrected chi connectivity index (χ2v) is 5.46. The average Bonchev–Trinajstić information content (AvgIpc) is 3.14. The molecule has 6 heteroatoms. The van der Waals surface area contributed by atoms with Gasteiger partial charge in [-0.3, -0.25) is 4.79 Å². The predicted molar refractivity (Wildman–Crippen MR) is 81.7 cm³/mol. The summed E-state index contributed by atoms with van der Waals surface area (Å²) in [6, 6.07) is 5.66. The van der Waals surface area contributed by atoms with Gasteiger partial charge in [-0.05, 0) is 25.0 Å². The zero-order chi connectivity index (χ0) is 14.8. The summed E-state index contributed by atoms with van der Waals surface area (Å²) in [5, 5.41) is 0. The van der Waals surface area contributed by atoms with E-state index in [1.54, 1.807) is 7.11 Å². The third-order valence-electron chi connectivity index (χ3n) is 3.91. The quantitative estimate of drug-likeness (QED) is 0.815. The number of alkyl halides is 1. The number of imidazole rings is 1. The van der Waals surface area contributed by atoms with Gasteiger partial charge in [0.15, 0.2) is 0 Å². The maximum absolute atomic E-state index is 12.4. The molecule has 3 rings (SSSR count). The number of aromatic nitrogens is 2. The van der Waals surface area contributed by atoms with Crippen LogP contribution in [0.2, 0.25) is 0 Å². The van der Waals surface area contributed by atoms with Crippen molar-refractivity contribution in [3.63, 3.8) is 0 Å². The number of ether oxygens (including phenoxy) is 1. The number of rotatable bonds is 4. The molecule has 2 heterocycles. The van der Waals surface area contributed by atoms with E-state index in [0.29, 0.717) is 12.4 Å². The molecule has 1 saturated heterocycles. The minimum absolute atomic E-state index is 0.133. The fourth-order valence-corrected chi connectivity index (χ4v) is 2.97. The highest BCUT2D eigenvalue weighted by Gasteiger charge is 2.20. The number of amides is 1. The first-order valence-corrected chi connectivity index (χ1v) is 7.63. The van der Waals surface area contributed by atoms with E-state index >= 15 is 0 Å². The maximum atomic E-state index is 12.4. The Kier molecular flexibility index (Phi) is 4.01. The summed E-state index contributed by atoms with van der Waals surface area (Å²) in [6.07, 6.45) is 2.19. The lowest BCUT2D eigenvalue weighted by molar-refractivity contribution is -0.130. The first-order valence-electron chi connectivity index (χ1n) is 7.10. The van der Waals surface area contributed by atoms with Crippen LogP contribution < -0.4 is 4.74 Å². The molecule has 0 unspecified atom stereocenters. The van der Waals surface area contributed by atoms with E-state index in [4.69, 9.17) is 16.3 Å². The molecular weight excluding hydrogens is 290 g/mol. The van der Waals surface area contributed by atoms with Crippen LogP contribution in [0, 0.1) is 0 Å². The van der Waals surface area contributed by atoms with Gasteiger partial charge in [0, 0.05) is 19.2 Å². The van der Waals surface area contributed by atoms with Crippen molar-refractivity contribution < 1.29 is 9.53 Å². The summed E-state index contributed by atoms with van der Waals surface area (Å²) in [6.45, 7) is 2.01. The second-order valence-electron chi connectivity index (χ2n) is 5.19. The van der Waals surface area contributed by atoms with Gasteiger partial charge >= 0.3 is 0 Å². The van der Waals surface area contributed by atoms with E-state index in [9.17, 15) is 4.79 Å². The van der Waals surface area contributed by atoms with Gasteiger partial charge in [0.1, 0.15) is 18.1 Å². The van der Waals surface area contributed by atoms with Crippen molar-refractivity contribution in [3.8, 4) is 5.75 Å². The Balaban J connectivity index is 1.94. The van der Waals surface area contributed by atoms with Crippen LogP contribution in [0.3, 0.4) is 0 Å². The highest BCUT2D eigenvalue weighted by molar-refractivity contribution is 6.16. The zero-order valence-electron chi connectivity index (χ0n) is 12.0. The predicted octanol–water partition coefficient (Wildman–Crippen LogP) is 2.41. The van der Waals surface area contributed by atoms with Crippen LogP contribution >= 0.6 is 11.6 Å². The number of carbonyl (C=O) groups excluding carboxylic acids is 1. The lowest BCUT2D eigenvalue weighted by atomic mass is 10.3. The SMILES string of the molecule is COc1ccc2c(c1)nc(CCl)n2CC(=O)N1CCCC1. The van der Waals surface area contributed by atoms with Gasteiger partial charge < -0.3 is 14.2 Å². The van der Waals surface area contributed by atoms with Gasteiger partial charge in [0.05, 0.1) is 24.0 Å². The standard InChI is InChI=1S/C15H18ClN3O2/c1-21-11-4-5-13-12(8-11)17-14(9-16)19(13)10-15(20)18-6-2-3-7-18/h4-5,8H,2-3,6-7,9-10H2,1H3. The van der Waals surface area contributed by atoms with Crippen LogP contribution in [-0.2, 0) is 17.2 Å². The van der Waals surface area contributed by atoms with E-state index in [1.807, 2.05) is 27.7 Å². The molecule has 1 amide bonds. The molecule has 112 valence electrons. The van der Waals surface area contributed by atoms with Crippen LogP contribution in [0.5, 0.6) is 5.75 Å². The number of fused-ring (bicyclic) bond motifs is 1. The largest absolute Gasteiger partial charge is 0.497 e. The number of benzene rings is 1. The van der Waals surface area contributed by atoms with Crippen molar-refractivity contribution in [2.45, 2.75) is 25.3 Å². The van der Waals surface area contributed by atoms with Gasteiger partial charge in [0.25, 0.3) is 0 Å². The van der Waals surface area contributed by atoms with E-state index in [-0.39, 0.29) is 11.8 Å². The zero-order valence-corrected chi connectivity index (χ0v) is 12.8. The van der Waals surface area contributed by atoms with Crippen molar-refractivity contribution in [1.82, 2.24) is 14.5 Å². The van der Waals surface area contributed by atoms with Gasteiger partial charge in [-0.2, -0.15) is 0 Å². The molecule has 0 radical (unpaired) electrons. The summed E-state index contributed by atoms with van der Waals surface area (Å²) in [5.41, 5.74) is 1.72. The molecule has 0 spiro atoms. The Morgan fingerprint density at radius 3 is 2.81 bits per heavy atom. The fourth-order valence-electron chi connectivity index (χ4n) is 2.77. The number of nitrogens with zero attached hydrogens (tertiary/aromatic N) is 3. The molecule has 0 bridgehead atoms. The summed E-state index contributed by atoms with van der Waals surface area (Å²) in [7, 11) is 1.62. The molecule has 0 saturated carbocycles. The number of likely N-dealkylation sites (tertiary alicyclic amines) is 1. The number of hydrogen-bond donors (Lipinski definition) is 0. The topological polar surface area (TPSA) is 47.4 Å². The molecule has 1 aromatic heterocycles. The number of hydrogen-bond acceptors (Lipinski definition) is 3. The third-order valence-corrected chi connectivity index (χ3v) is 4.15. The highest BCUT2D eigenvalue weighted by Crippen LogP contribution is 2.23. The molecule has 0 aliphatic carbocycles. The van der Waals surface area contributed by atoms with Gasteiger partial charge in [-0.15, -0.1) is 11.6 Å². The van der Waals surface area contributed by atoms with Crippen LogP contribution in [0.15, 0.2) is 18.2 Å². The molecule has 0 N–H and O–H groups in total. The van der Waals surface area contributed by atoms with Crippen LogP contribution in [0.1, 0.15) is 18.7 Å². The Morgan fingerprint density at radius 2 is 2.14 bits per heavy atom. The number of methoxy groups -OCH3 is 1. The summed E-state index contributed by atoms with van der Waals surface area (Å²) in [4.78, 5) is 18.8. The molecule has 0 atom stereocenters. The van der Waals surface area contributed by atoms with E-state index < -0.39 is 0 Å². The molecule has 1 fully saturated rings. The monoisotopic (exact) mass is 307 g/mol. The Labute approximate surface area is 128 Å². The Morgan fingerprint density at radius 1 is 1.38 bits per heavy atom. The molecule has 1 aromatic carbocycles. The molecule has 21 heavy (non-hydrogen) atoms. The summed E-state index contributed by atoms with van der Waals surface area (Å²) in [5.74, 6) is 1.88. The molecule has 1 aliphatic rings. The van der Waals surface area contributed by atoms with E-state index in [1.165, 1.54) is 0 Å². The Bertz CT molecular complexity index is 662. The first kappa shape index (κ1) is 14.2. The smallest absolute Gasteiger partial charge is 0.242 e. The normalized spacial score (nSPS) is 14.9. The van der Waals surface area contributed by atoms with Crippen LogP contribution in [-0.4, -0.2) is 40.6 Å². The molecule has 1 aliphatic heterocycles. The van der Waals surface area contributed by atoms with Crippen molar-refractivity contribution >= 4 is 28.5 Å². The molecule has 5 nitrogen and oxygen atoms in total. The maximum Gasteiger partial charge on any atom is 0.242 e. The van der Waals surface area contributed by atoms with Crippen LogP contribution in [0.4, 0.5) is 0 Å². The molecular formula is C15H18ClN3O2. The van der Waals surface area contributed by atoms with Crippen molar-refractivity contribution in [3.05, 3.63) is 24.0 Å². The van der Waals surface area contributed by atoms with E-state index in [0.717, 1.165) is 42.7 Å². The lowest BCUT2D eigenvalue weighted by Crippen LogP contribution is -2.31. The number of halogens is 1. The summed E-state index contributed by atoms with van der Waals surface area (Å²) < 4.78 is 7.12. The lowest BCUT2D eigenvalue weighted by Gasteiger charge is -2.16.